The third kappa shape index (κ3) is 4.62. The number of hydrogen-bond donors (Lipinski definition) is 0. The molecule has 0 atom stereocenters. The molecule has 0 aromatic heterocycles. The van der Waals surface area contributed by atoms with Crippen LogP contribution in [0, 0.1) is 0 Å². The number of carbonyl (C=O) groups is 1. The molecule has 0 heterocycles. The van der Waals surface area contributed by atoms with Crippen LogP contribution in [0.4, 0.5) is 10.5 Å². The van der Waals surface area contributed by atoms with Gasteiger partial charge < -0.3 is 9.64 Å². The fraction of sp³-hybridized carbons (Fsp3) is 0.357. The molecule has 0 radical (unpaired) electrons. The van der Waals surface area contributed by atoms with Crippen LogP contribution in [0.5, 0.6) is 0 Å². The number of benzene rings is 1. The maximum Gasteiger partial charge on any atom is 0.324 e. The van der Waals surface area contributed by atoms with Gasteiger partial charge in [-0.2, -0.15) is 0 Å². The van der Waals surface area contributed by atoms with Crippen LogP contribution in [-0.4, -0.2) is 38.2 Å². The van der Waals surface area contributed by atoms with Gasteiger partial charge in [-0.3, -0.25) is 4.90 Å². The number of amides is 2. The van der Waals surface area contributed by atoms with Crippen molar-refractivity contribution in [3.63, 3.8) is 0 Å². The number of urea groups is 1. The van der Waals surface area contributed by atoms with Gasteiger partial charge in [0.25, 0.3) is 0 Å². The van der Waals surface area contributed by atoms with Gasteiger partial charge in [0.2, 0.25) is 0 Å². The minimum absolute atomic E-state index is 0.149. The predicted molar refractivity (Wildman–Crippen MR) is 83.7 cm³/mol. The molecule has 20 heavy (non-hydrogen) atoms. The van der Waals surface area contributed by atoms with Gasteiger partial charge in [0.1, 0.15) is 0 Å². The van der Waals surface area contributed by atoms with Crippen LogP contribution in [-0.2, 0) is 4.74 Å². The van der Waals surface area contributed by atoms with Gasteiger partial charge >= 0.3 is 6.03 Å². The van der Waals surface area contributed by atoms with Gasteiger partial charge in [-0.05, 0) is 31.2 Å². The van der Waals surface area contributed by atoms with E-state index in [2.05, 4.69) is 0 Å². The van der Waals surface area contributed by atoms with Crippen LogP contribution in [0.3, 0.4) is 0 Å². The highest BCUT2D eigenvalue weighted by Gasteiger charge is 2.17. The summed E-state index contributed by atoms with van der Waals surface area (Å²) in [4.78, 5) is 15.3. The predicted octanol–water partition coefficient (Wildman–Crippen LogP) is 4.03. The fourth-order valence-electron chi connectivity index (χ4n) is 1.50. The lowest BCUT2D eigenvalue weighted by atomic mass is 10.3. The summed E-state index contributed by atoms with van der Waals surface area (Å²) in [5.41, 5.74) is 0.680. The van der Waals surface area contributed by atoms with Gasteiger partial charge in [0.05, 0.1) is 22.9 Å². The second kappa shape index (κ2) is 8.02. The lowest BCUT2D eigenvalue weighted by Gasteiger charge is -2.25. The van der Waals surface area contributed by atoms with Crippen LogP contribution < -0.4 is 4.90 Å². The Bertz CT molecular complexity index is 490. The molecule has 0 aliphatic carbocycles. The number of halogens is 2. The molecular weight excluding hydrogens is 299 g/mol. The summed E-state index contributed by atoms with van der Waals surface area (Å²) in [5.74, 6) is 0. The first kappa shape index (κ1) is 16.7. The number of anilines is 1. The smallest absolute Gasteiger partial charge is 0.324 e. The van der Waals surface area contributed by atoms with E-state index in [1.165, 1.54) is 4.90 Å². The van der Waals surface area contributed by atoms with Crippen LogP contribution in [0.25, 0.3) is 0 Å². The molecule has 4 nitrogen and oxygen atoms in total. The Kier molecular flexibility index (Phi) is 6.68. The van der Waals surface area contributed by atoms with E-state index in [4.69, 9.17) is 27.9 Å². The molecule has 0 spiro atoms. The third-order valence-corrected chi connectivity index (χ3v) is 3.21. The molecule has 6 heteroatoms. The number of rotatable bonds is 5. The normalized spacial score (nSPS) is 10.7. The molecule has 1 aromatic rings. The van der Waals surface area contributed by atoms with Crippen LogP contribution in [0.1, 0.15) is 6.92 Å². The first-order chi connectivity index (χ1) is 9.47. The van der Waals surface area contributed by atoms with E-state index in [1.807, 2.05) is 6.92 Å². The topological polar surface area (TPSA) is 32.8 Å². The zero-order valence-corrected chi connectivity index (χ0v) is 13.3. The van der Waals surface area contributed by atoms with E-state index < -0.39 is 0 Å². The molecule has 0 aliphatic rings. The Morgan fingerprint density at radius 3 is 2.55 bits per heavy atom. The van der Waals surface area contributed by atoms with E-state index in [1.54, 1.807) is 49.5 Å². The first-order valence-corrected chi connectivity index (χ1v) is 6.93. The van der Waals surface area contributed by atoms with Crippen molar-refractivity contribution in [2.24, 2.45) is 0 Å². The molecule has 110 valence electrons. The van der Waals surface area contributed by atoms with Crippen molar-refractivity contribution in [2.45, 2.75) is 6.92 Å². The summed E-state index contributed by atoms with van der Waals surface area (Å²) in [7, 11) is 3.39. The van der Waals surface area contributed by atoms with Crippen molar-refractivity contribution < 1.29 is 9.53 Å². The number of carbonyl (C=O) groups excluding carboxylic acids is 1. The Hall–Kier alpha value is -1.39. The SMILES string of the molecule is CCOC=CCN(C(=O)N(C)C)c1ccc(Cl)c(Cl)c1. The van der Waals surface area contributed by atoms with Crippen LogP contribution >= 0.6 is 23.2 Å². The standard InChI is InChI=1S/C14H18Cl2N2O2/c1-4-20-9-5-8-18(14(19)17(2)3)11-6-7-12(15)13(16)10-11/h5-7,9-10H,4,8H2,1-3H3. The zero-order valence-electron chi connectivity index (χ0n) is 11.8. The van der Waals surface area contributed by atoms with E-state index >= 15 is 0 Å². The van der Waals surface area contributed by atoms with Crippen molar-refractivity contribution in [3.05, 3.63) is 40.6 Å². The van der Waals surface area contributed by atoms with Crippen LogP contribution in [0.2, 0.25) is 10.0 Å². The summed E-state index contributed by atoms with van der Waals surface area (Å²) in [6, 6.07) is 4.94. The third-order valence-electron chi connectivity index (χ3n) is 2.48. The largest absolute Gasteiger partial charge is 0.502 e. The molecule has 0 bridgehead atoms. The van der Waals surface area contributed by atoms with Crippen molar-refractivity contribution in [1.29, 1.82) is 0 Å². The number of nitrogens with zero attached hydrogens (tertiary/aromatic N) is 2. The highest BCUT2D eigenvalue weighted by molar-refractivity contribution is 6.42. The fourth-order valence-corrected chi connectivity index (χ4v) is 1.79. The highest BCUT2D eigenvalue weighted by Crippen LogP contribution is 2.27. The average Bonchev–Trinajstić information content (AvgIpc) is 2.41. The molecular formula is C14H18Cl2N2O2. The van der Waals surface area contributed by atoms with Gasteiger partial charge in [-0.1, -0.05) is 23.2 Å². The Balaban J connectivity index is 2.97. The van der Waals surface area contributed by atoms with E-state index in [9.17, 15) is 4.79 Å². The molecule has 0 saturated carbocycles. The molecule has 1 rings (SSSR count). The van der Waals surface area contributed by atoms with Crippen molar-refractivity contribution >= 4 is 34.9 Å². The quantitative estimate of drug-likeness (QED) is 0.768. The highest BCUT2D eigenvalue weighted by atomic mass is 35.5. The number of hydrogen-bond acceptors (Lipinski definition) is 2. The van der Waals surface area contributed by atoms with Crippen LogP contribution in [0.15, 0.2) is 30.5 Å². The van der Waals surface area contributed by atoms with Crippen molar-refractivity contribution in [1.82, 2.24) is 4.90 Å². The second-order valence-electron chi connectivity index (χ2n) is 4.21. The maximum absolute atomic E-state index is 12.2. The summed E-state index contributed by atoms with van der Waals surface area (Å²) in [6.45, 7) is 2.87. The monoisotopic (exact) mass is 316 g/mol. The average molecular weight is 317 g/mol. The first-order valence-electron chi connectivity index (χ1n) is 6.17. The summed E-state index contributed by atoms with van der Waals surface area (Å²) < 4.78 is 5.12. The Morgan fingerprint density at radius 2 is 2.00 bits per heavy atom. The lowest BCUT2D eigenvalue weighted by molar-refractivity contribution is 0.224. The van der Waals surface area contributed by atoms with Gasteiger partial charge in [-0.25, -0.2) is 4.79 Å². The van der Waals surface area contributed by atoms with Gasteiger partial charge in [0.15, 0.2) is 0 Å². The summed E-state index contributed by atoms with van der Waals surface area (Å²) in [6.07, 6.45) is 3.35. The zero-order chi connectivity index (χ0) is 15.1. The van der Waals surface area contributed by atoms with E-state index in [0.29, 0.717) is 28.9 Å². The lowest BCUT2D eigenvalue weighted by Crippen LogP contribution is -2.39. The van der Waals surface area contributed by atoms with Gasteiger partial charge in [-0.15, -0.1) is 0 Å². The molecule has 2 amide bonds. The van der Waals surface area contributed by atoms with E-state index in [0.717, 1.165) is 0 Å². The molecule has 0 saturated heterocycles. The summed E-state index contributed by atoms with van der Waals surface area (Å²) >= 11 is 11.9. The minimum Gasteiger partial charge on any atom is -0.502 e. The minimum atomic E-state index is -0.149. The maximum atomic E-state index is 12.2. The molecule has 1 aromatic carbocycles. The van der Waals surface area contributed by atoms with Gasteiger partial charge in [0, 0.05) is 26.3 Å². The molecule has 0 fully saturated rings. The number of ether oxygens (including phenoxy) is 1. The van der Waals surface area contributed by atoms with Crippen molar-refractivity contribution in [3.8, 4) is 0 Å². The molecule has 0 aliphatic heterocycles. The summed E-state index contributed by atoms with van der Waals surface area (Å²) in [5, 5.41) is 0.868. The Morgan fingerprint density at radius 1 is 1.30 bits per heavy atom. The molecule has 0 unspecified atom stereocenters. The second-order valence-corrected chi connectivity index (χ2v) is 5.03. The Labute approximate surface area is 129 Å². The molecule has 0 N–H and O–H groups in total. The van der Waals surface area contributed by atoms with Crippen molar-refractivity contribution in [2.75, 3.05) is 32.1 Å². The van der Waals surface area contributed by atoms with E-state index in [-0.39, 0.29) is 6.03 Å².